The fourth-order valence-corrected chi connectivity index (χ4v) is 4.85. The molecule has 1 aromatic carbocycles. The molecule has 29 heavy (non-hydrogen) atoms. The van der Waals surface area contributed by atoms with Crippen molar-refractivity contribution in [2.45, 2.75) is 57.5 Å². The number of fused-ring (bicyclic) bond motifs is 1. The summed E-state index contributed by atoms with van der Waals surface area (Å²) >= 11 is 0. The molecule has 4 rings (SSSR count). The Balaban J connectivity index is 0.00000240. The molecule has 0 radical (unpaired) electrons. The van der Waals surface area contributed by atoms with Crippen LogP contribution in [0.1, 0.15) is 44.6 Å². The van der Waals surface area contributed by atoms with Crippen molar-refractivity contribution in [2.24, 2.45) is 4.99 Å². The summed E-state index contributed by atoms with van der Waals surface area (Å²) in [5.74, 6) is 0.836. The van der Waals surface area contributed by atoms with Crippen LogP contribution in [0.2, 0.25) is 0 Å². The summed E-state index contributed by atoms with van der Waals surface area (Å²) in [7, 11) is 0. The SMILES string of the molecule is CCNC(=NCC(=O)N1CCc2ccccc21)NC1CCN(C2CCCC2)C1.I. The van der Waals surface area contributed by atoms with Gasteiger partial charge in [0, 0.05) is 44.0 Å². The van der Waals surface area contributed by atoms with E-state index >= 15 is 0 Å². The number of likely N-dealkylation sites (tertiary alicyclic amines) is 1. The van der Waals surface area contributed by atoms with Crippen molar-refractivity contribution in [3.63, 3.8) is 0 Å². The highest BCUT2D eigenvalue weighted by Gasteiger charge is 2.30. The number of hydrogen-bond acceptors (Lipinski definition) is 3. The number of para-hydroxylation sites is 1. The third-order valence-corrected chi connectivity index (χ3v) is 6.31. The van der Waals surface area contributed by atoms with Crippen molar-refractivity contribution in [3.8, 4) is 0 Å². The molecule has 7 heteroatoms. The maximum absolute atomic E-state index is 12.7. The summed E-state index contributed by atoms with van der Waals surface area (Å²) in [5.41, 5.74) is 2.30. The Morgan fingerprint density at radius 2 is 1.97 bits per heavy atom. The molecule has 1 atom stereocenters. The largest absolute Gasteiger partial charge is 0.357 e. The lowest BCUT2D eigenvalue weighted by Gasteiger charge is -2.24. The van der Waals surface area contributed by atoms with E-state index in [0.29, 0.717) is 6.04 Å². The van der Waals surface area contributed by atoms with E-state index in [-0.39, 0.29) is 36.4 Å². The van der Waals surface area contributed by atoms with Gasteiger partial charge in [0.05, 0.1) is 0 Å². The number of rotatable bonds is 5. The van der Waals surface area contributed by atoms with Gasteiger partial charge in [-0.3, -0.25) is 9.69 Å². The van der Waals surface area contributed by atoms with E-state index < -0.39 is 0 Å². The zero-order valence-electron chi connectivity index (χ0n) is 17.4. The molecular weight excluding hydrogens is 477 g/mol. The highest BCUT2D eigenvalue weighted by Crippen LogP contribution is 2.28. The third kappa shape index (κ3) is 5.42. The van der Waals surface area contributed by atoms with Crippen LogP contribution < -0.4 is 15.5 Å². The van der Waals surface area contributed by atoms with Gasteiger partial charge in [0.2, 0.25) is 5.91 Å². The topological polar surface area (TPSA) is 60.0 Å². The summed E-state index contributed by atoms with van der Waals surface area (Å²) in [4.78, 5) is 21.9. The lowest BCUT2D eigenvalue weighted by molar-refractivity contribution is -0.117. The first-order chi connectivity index (χ1) is 13.7. The number of benzene rings is 1. The summed E-state index contributed by atoms with van der Waals surface area (Å²) in [6.07, 6.45) is 7.55. The van der Waals surface area contributed by atoms with Gasteiger partial charge in [0.1, 0.15) is 6.54 Å². The molecule has 0 spiro atoms. The number of aliphatic imine (C=N–C) groups is 1. The van der Waals surface area contributed by atoms with Crippen LogP contribution in [0, 0.1) is 0 Å². The number of carbonyl (C=O) groups is 1. The number of nitrogens with one attached hydrogen (secondary N) is 2. The first-order valence-electron chi connectivity index (χ1n) is 10.9. The lowest BCUT2D eigenvalue weighted by atomic mass is 10.2. The lowest BCUT2D eigenvalue weighted by Crippen LogP contribution is -2.45. The van der Waals surface area contributed by atoms with Gasteiger partial charge in [-0.2, -0.15) is 0 Å². The first kappa shape index (κ1) is 22.3. The highest BCUT2D eigenvalue weighted by atomic mass is 127. The van der Waals surface area contributed by atoms with Gasteiger partial charge in [-0.1, -0.05) is 31.0 Å². The van der Waals surface area contributed by atoms with Crippen LogP contribution in [0.25, 0.3) is 0 Å². The normalized spacial score (nSPS) is 22.4. The maximum Gasteiger partial charge on any atom is 0.248 e. The molecule has 1 amide bonds. The monoisotopic (exact) mass is 511 g/mol. The number of anilines is 1. The fraction of sp³-hybridized carbons (Fsp3) is 0.636. The van der Waals surface area contributed by atoms with Gasteiger partial charge in [-0.15, -0.1) is 24.0 Å². The Hall–Kier alpha value is -1.35. The van der Waals surface area contributed by atoms with Crippen molar-refractivity contribution >= 4 is 41.5 Å². The second kappa shape index (κ2) is 10.6. The van der Waals surface area contributed by atoms with Crippen LogP contribution >= 0.6 is 24.0 Å². The zero-order chi connectivity index (χ0) is 19.3. The van der Waals surface area contributed by atoms with E-state index in [0.717, 1.165) is 50.2 Å². The molecule has 1 saturated carbocycles. The molecule has 2 N–H and O–H groups in total. The van der Waals surface area contributed by atoms with Gasteiger partial charge >= 0.3 is 0 Å². The number of halogens is 1. The number of guanidine groups is 1. The van der Waals surface area contributed by atoms with Crippen molar-refractivity contribution in [1.82, 2.24) is 15.5 Å². The fourth-order valence-electron chi connectivity index (χ4n) is 4.85. The molecule has 2 aliphatic heterocycles. The smallest absolute Gasteiger partial charge is 0.248 e. The predicted octanol–water partition coefficient (Wildman–Crippen LogP) is 2.77. The molecule has 2 fully saturated rings. The Morgan fingerprint density at radius 1 is 1.17 bits per heavy atom. The van der Waals surface area contributed by atoms with Crippen LogP contribution in [0.15, 0.2) is 29.3 Å². The number of amides is 1. The Labute approximate surface area is 191 Å². The Kier molecular flexibility index (Phi) is 8.17. The Morgan fingerprint density at radius 3 is 2.76 bits per heavy atom. The van der Waals surface area contributed by atoms with Gasteiger partial charge in [0.15, 0.2) is 5.96 Å². The van der Waals surface area contributed by atoms with Crippen LogP contribution in [0.3, 0.4) is 0 Å². The van der Waals surface area contributed by atoms with Gasteiger partial charge < -0.3 is 15.5 Å². The molecule has 1 unspecified atom stereocenters. The molecule has 2 heterocycles. The minimum atomic E-state index is 0. The molecule has 6 nitrogen and oxygen atoms in total. The maximum atomic E-state index is 12.7. The summed E-state index contributed by atoms with van der Waals surface area (Å²) in [5, 5.41) is 6.87. The van der Waals surface area contributed by atoms with Gasteiger partial charge in [-0.05, 0) is 44.2 Å². The quantitative estimate of drug-likeness (QED) is 0.363. The highest BCUT2D eigenvalue weighted by molar-refractivity contribution is 14.0. The van der Waals surface area contributed by atoms with Crippen LogP contribution in [-0.4, -0.2) is 61.6 Å². The molecule has 1 aromatic rings. The summed E-state index contributed by atoms with van der Waals surface area (Å²) in [6.45, 7) is 6.06. The molecule has 0 aromatic heterocycles. The second-order valence-corrected chi connectivity index (χ2v) is 8.18. The zero-order valence-corrected chi connectivity index (χ0v) is 19.7. The molecule has 1 aliphatic carbocycles. The predicted molar refractivity (Wildman–Crippen MR) is 129 cm³/mol. The van der Waals surface area contributed by atoms with Crippen LogP contribution in [-0.2, 0) is 11.2 Å². The molecule has 0 bridgehead atoms. The average Bonchev–Trinajstić information content (AvgIpc) is 3.45. The average molecular weight is 511 g/mol. The summed E-state index contributed by atoms with van der Waals surface area (Å²) < 4.78 is 0. The van der Waals surface area contributed by atoms with Gasteiger partial charge in [-0.25, -0.2) is 4.99 Å². The van der Waals surface area contributed by atoms with E-state index in [1.165, 1.54) is 37.8 Å². The van der Waals surface area contributed by atoms with E-state index in [1.54, 1.807) is 0 Å². The van der Waals surface area contributed by atoms with Crippen molar-refractivity contribution < 1.29 is 4.79 Å². The molecule has 3 aliphatic rings. The van der Waals surface area contributed by atoms with Crippen molar-refractivity contribution in [1.29, 1.82) is 0 Å². The first-order valence-corrected chi connectivity index (χ1v) is 10.9. The van der Waals surface area contributed by atoms with Gasteiger partial charge in [0.25, 0.3) is 0 Å². The minimum absolute atomic E-state index is 0. The third-order valence-electron chi connectivity index (χ3n) is 6.31. The second-order valence-electron chi connectivity index (χ2n) is 8.18. The van der Waals surface area contributed by atoms with Crippen molar-refractivity contribution in [2.75, 3.05) is 37.6 Å². The standard InChI is InChI=1S/C22H33N5O.HI/c1-2-23-22(25-18-12-13-26(16-18)19-8-4-5-9-19)24-15-21(28)27-14-11-17-7-3-6-10-20(17)27;/h3,6-7,10,18-19H,2,4-5,8-9,11-16H2,1H3,(H2,23,24,25);1H. The van der Waals surface area contributed by atoms with E-state index in [4.69, 9.17) is 0 Å². The molecular formula is C22H34IN5O. The number of carbonyl (C=O) groups excluding carboxylic acids is 1. The number of hydrogen-bond donors (Lipinski definition) is 2. The minimum Gasteiger partial charge on any atom is -0.357 e. The number of nitrogens with zero attached hydrogens (tertiary/aromatic N) is 3. The Bertz CT molecular complexity index is 719. The van der Waals surface area contributed by atoms with Crippen LogP contribution in [0.5, 0.6) is 0 Å². The van der Waals surface area contributed by atoms with Crippen LogP contribution in [0.4, 0.5) is 5.69 Å². The summed E-state index contributed by atoms with van der Waals surface area (Å²) in [6, 6.07) is 9.37. The van der Waals surface area contributed by atoms with Crippen molar-refractivity contribution in [3.05, 3.63) is 29.8 Å². The van der Waals surface area contributed by atoms with E-state index in [9.17, 15) is 4.79 Å². The molecule has 160 valence electrons. The molecule has 1 saturated heterocycles. The van der Waals surface area contributed by atoms with E-state index in [2.05, 4.69) is 33.5 Å². The van der Waals surface area contributed by atoms with E-state index in [1.807, 2.05) is 23.1 Å².